The van der Waals surface area contributed by atoms with Crippen LogP contribution in [0.25, 0.3) is 0 Å². The van der Waals surface area contributed by atoms with Crippen molar-refractivity contribution in [3.63, 3.8) is 0 Å². The SMILES string of the molecule is c1ccc(CNC2(C3CCCCC3)CCCCC2)cc1. The first-order valence-electron chi connectivity index (χ1n) is 8.68. The second-order valence-electron chi connectivity index (χ2n) is 6.89. The van der Waals surface area contributed by atoms with E-state index < -0.39 is 0 Å². The minimum atomic E-state index is 0.453. The Morgan fingerprint density at radius 2 is 1.50 bits per heavy atom. The predicted molar refractivity (Wildman–Crippen MR) is 85.7 cm³/mol. The molecule has 0 radical (unpaired) electrons. The van der Waals surface area contributed by atoms with Crippen LogP contribution in [0.2, 0.25) is 0 Å². The summed E-state index contributed by atoms with van der Waals surface area (Å²) in [7, 11) is 0. The third kappa shape index (κ3) is 3.25. The molecule has 3 rings (SSSR count). The normalized spacial score (nSPS) is 23.6. The van der Waals surface area contributed by atoms with Gasteiger partial charge >= 0.3 is 0 Å². The van der Waals surface area contributed by atoms with Crippen LogP contribution < -0.4 is 5.32 Å². The standard InChI is InChI=1S/C19H29N/c1-4-10-17(11-5-1)16-20-19(14-8-3-9-15-19)18-12-6-2-7-13-18/h1,4-5,10-11,18,20H,2-3,6-9,12-16H2. The molecule has 0 bridgehead atoms. The minimum Gasteiger partial charge on any atom is -0.307 e. The van der Waals surface area contributed by atoms with Crippen molar-refractivity contribution in [1.82, 2.24) is 5.32 Å². The van der Waals surface area contributed by atoms with Gasteiger partial charge in [0.2, 0.25) is 0 Å². The van der Waals surface area contributed by atoms with Gasteiger partial charge in [-0.2, -0.15) is 0 Å². The molecular weight excluding hydrogens is 242 g/mol. The zero-order chi connectivity index (χ0) is 13.7. The van der Waals surface area contributed by atoms with Crippen molar-refractivity contribution < 1.29 is 0 Å². The van der Waals surface area contributed by atoms with E-state index in [2.05, 4.69) is 35.6 Å². The van der Waals surface area contributed by atoms with E-state index in [1.807, 2.05) is 0 Å². The Morgan fingerprint density at radius 3 is 2.20 bits per heavy atom. The van der Waals surface area contributed by atoms with Crippen molar-refractivity contribution in [2.75, 3.05) is 0 Å². The Kier molecular flexibility index (Phi) is 4.77. The Bertz CT molecular complexity index is 385. The van der Waals surface area contributed by atoms with E-state index in [4.69, 9.17) is 0 Å². The van der Waals surface area contributed by atoms with Crippen molar-refractivity contribution in [3.05, 3.63) is 35.9 Å². The molecule has 2 saturated carbocycles. The molecule has 2 aliphatic rings. The maximum Gasteiger partial charge on any atom is 0.0212 e. The monoisotopic (exact) mass is 271 g/mol. The quantitative estimate of drug-likeness (QED) is 0.807. The van der Waals surface area contributed by atoms with Crippen molar-refractivity contribution >= 4 is 0 Å². The van der Waals surface area contributed by atoms with Gasteiger partial charge in [-0.05, 0) is 37.2 Å². The highest BCUT2D eigenvalue weighted by Gasteiger charge is 2.39. The van der Waals surface area contributed by atoms with Crippen LogP contribution in [0.5, 0.6) is 0 Å². The molecule has 0 aliphatic heterocycles. The van der Waals surface area contributed by atoms with Gasteiger partial charge in [-0.25, -0.2) is 0 Å². The summed E-state index contributed by atoms with van der Waals surface area (Å²) in [6.45, 7) is 1.05. The Morgan fingerprint density at radius 1 is 0.850 bits per heavy atom. The second kappa shape index (κ2) is 6.76. The smallest absolute Gasteiger partial charge is 0.0212 e. The zero-order valence-electron chi connectivity index (χ0n) is 12.7. The molecule has 20 heavy (non-hydrogen) atoms. The lowest BCUT2D eigenvalue weighted by molar-refractivity contribution is 0.110. The molecule has 0 amide bonds. The van der Waals surface area contributed by atoms with Crippen LogP contribution in [0.1, 0.15) is 69.8 Å². The van der Waals surface area contributed by atoms with Crippen LogP contribution in [-0.2, 0) is 6.54 Å². The van der Waals surface area contributed by atoms with Gasteiger partial charge < -0.3 is 5.32 Å². The molecule has 0 atom stereocenters. The van der Waals surface area contributed by atoms with E-state index in [-0.39, 0.29) is 0 Å². The highest BCUT2D eigenvalue weighted by atomic mass is 15.0. The van der Waals surface area contributed by atoms with E-state index in [0.29, 0.717) is 5.54 Å². The third-order valence-corrected chi connectivity index (χ3v) is 5.62. The van der Waals surface area contributed by atoms with E-state index in [1.54, 1.807) is 0 Å². The van der Waals surface area contributed by atoms with Crippen LogP contribution in [-0.4, -0.2) is 5.54 Å². The lowest BCUT2D eigenvalue weighted by Crippen LogP contribution is -2.52. The van der Waals surface area contributed by atoms with Crippen LogP contribution in [0.15, 0.2) is 30.3 Å². The van der Waals surface area contributed by atoms with Crippen LogP contribution in [0.4, 0.5) is 0 Å². The van der Waals surface area contributed by atoms with E-state index in [1.165, 1.54) is 69.8 Å². The number of benzene rings is 1. The Labute approximate surface area is 124 Å². The Hall–Kier alpha value is -0.820. The van der Waals surface area contributed by atoms with Crippen LogP contribution >= 0.6 is 0 Å². The number of nitrogens with one attached hydrogen (secondary N) is 1. The number of hydrogen-bond acceptors (Lipinski definition) is 1. The molecule has 0 aromatic heterocycles. The molecule has 1 heteroatoms. The van der Waals surface area contributed by atoms with Gasteiger partial charge in [-0.15, -0.1) is 0 Å². The fourth-order valence-corrected chi connectivity index (χ4v) is 4.44. The summed E-state index contributed by atoms with van der Waals surface area (Å²) in [5, 5.41) is 4.02. The van der Waals surface area contributed by atoms with Gasteiger partial charge in [0.05, 0.1) is 0 Å². The molecule has 2 fully saturated rings. The summed E-state index contributed by atoms with van der Waals surface area (Å²) in [6.07, 6.45) is 14.4. The first-order valence-corrected chi connectivity index (χ1v) is 8.68. The molecule has 2 aliphatic carbocycles. The fraction of sp³-hybridized carbons (Fsp3) is 0.684. The molecule has 1 N–H and O–H groups in total. The lowest BCUT2D eigenvalue weighted by atomic mass is 9.67. The molecule has 0 saturated heterocycles. The van der Waals surface area contributed by atoms with Crippen molar-refractivity contribution in [2.24, 2.45) is 5.92 Å². The van der Waals surface area contributed by atoms with Crippen molar-refractivity contribution in [2.45, 2.75) is 76.3 Å². The molecule has 1 aromatic rings. The van der Waals surface area contributed by atoms with Gasteiger partial charge in [-0.1, -0.05) is 68.9 Å². The van der Waals surface area contributed by atoms with Gasteiger partial charge in [-0.3, -0.25) is 0 Å². The van der Waals surface area contributed by atoms with E-state index in [9.17, 15) is 0 Å². The highest BCUT2D eigenvalue weighted by Crippen LogP contribution is 2.41. The first-order chi connectivity index (χ1) is 9.89. The summed E-state index contributed by atoms with van der Waals surface area (Å²) < 4.78 is 0. The molecule has 0 spiro atoms. The molecule has 0 heterocycles. The third-order valence-electron chi connectivity index (χ3n) is 5.62. The highest BCUT2D eigenvalue weighted by molar-refractivity contribution is 5.15. The lowest BCUT2D eigenvalue weighted by Gasteiger charge is -2.46. The van der Waals surface area contributed by atoms with Gasteiger partial charge in [0.15, 0.2) is 0 Å². The summed E-state index contributed by atoms with van der Waals surface area (Å²) in [5.74, 6) is 0.931. The second-order valence-corrected chi connectivity index (χ2v) is 6.89. The summed E-state index contributed by atoms with van der Waals surface area (Å²) in [4.78, 5) is 0. The van der Waals surface area contributed by atoms with E-state index >= 15 is 0 Å². The Balaban J connectivity index is 1.68. The van der Waals surface area contributed by atoms with Gasteiger partial charge in [0.1, 0.15) is 0 Å². The van der Waals surface area contributed by atoms with Crippen LogP contribution in [0.3, 0.4) is 0 Å². The molecule has 1 nitrogen and oxygen atoms in total. The summed E-state index contributed by atoms with van der Waals surface area (Å²) in [6, 6.07) is 10.9. The fourth-order valence-electron chi connectivity index (χ4n) is 4.44. The first kappa shape index (κ1) is 14.1. The maximum atomic E-state index is 4.02. The largest absolute Gasteiger partial charge is 0.307 e. The average Bonchev–Trinajstić information content (AvgIpc) is 2.56. The molecule has 110 valence electrons. The van der Waals surface area contributed by atoms with Crippen LogP contribution in [0, 0.1) is 5.92 Å². The minimum absolute atomic E-state index is 0.453. The van der Waals surface area contributed by atoms with Crippen molar-refractivity contribution in [3.8, 4) is 0 Å². The molecule has 0 unspecified atom stereocenters. The van der Waals surface area contributed by atoms with Crippen molar-refractivity contribution in [1.29, 1.82) is 0 Å². The summed E-state index contributed by atoms with van der Waals surface area (Å²) in [5.41, 5.74) is 1.89. The maximum absolute atomic E-state index is 4.02. The predicted octanol–water partition coefficient (Wildman–Crippen LogP) is 5.06. The topological polar surface area (TPSA) is 12.0 Å². The molecular formula is C19H29N. The van der Waals surface area contributed by atoms with Gasteiger partial charge in [0.25, 0.3) is 0 Å². The molecule has 1 aromatic carbocycles. The zero-order valence-corrected chi connectivity index (χ0v) is 12.7. The average molecular weight is 271 g/mol. The summed E-state index contributed by atoms with van der Waals surface area (Å²) >= 11 is 0. The number of rotatable bonds is 4. The van der Waals surface area contributed by atoms with E-state index in [0.717, 1.165) is 12.5 Å². The van der Waals surface area contributed by atoms with Gasteiger partial charge in [0, 0.05) is 12.1 Å². The number of hydrogen-bond donors (Lipinski definition) is 1.